The Labute approximate surface area is 165 Å². The molecular formula is C20H26ClFN2O3. The average molecular weight is 397 g/mol. The molecule has 5 nitrogen and oxygen atoms in total. The van der Waals surface area contributed by atoms with Crippen molar-refractivity contribution in [3.8, 4) is 5.75 Å². The standard InChI is InChI=1S/C20H26ClFN2O3/c1-7-17(27-12-13(2)24(4)5)19(14(3)21)20(25)23-11-15-8-9-18(26-6)16(22)10-15/h7-10,13H,1,3,11-12H2,2,4-6H3,(H,23,25)/b19-17-. The number of allylic oxidation sites excluding steroid dienone is 1. The van der Waals surface area contributed by atoms with E-state index in [1.54, 1.807) is 6.07 Å². The van der Waals surface area contributed by atoms with E-state index in [1.165, 1.54) is 25.3 Å². The zero-order chi connectivity index (χ0) is 20.6. The van der Waals surface area contributed by atoms with Gasteiger partial charge in [0, 0.05) is 17.6 Å². The van der Waals surface area contributed by atoms with Crippen LogP contribution in [0, 0.1) is 5.82 Å². The highest BCUT2D eigenvalue weighted by molar-refractivity contribution is 6.35. The number of halogens is 2. The summed E-state index contributed by atoms with van der Waals surface area (Å²) < 4.78 is 24.3. The number of rotatable bonds is 10. The quantitative estimate of drug-likeness (QED) is 0.373. The predicted molar refractivity (Wildman–Crippen MR) is 106 cm³/mol. The Morgan fingerprint density at radius 2 is 2.11 bits per heavy atom. The summed E-state index contributed by atoms with van der Waals surface area (Å²) in [5.41, 5.74) is 0.662. The molecule has 0 spiro atoms. The van der Waals surface area contributed by atoms with Crippen LogP contribution in [-0.4, -0.2) is 44.7 Å². The lowest BCUT2D eigenvalue weighted by Gasteiger charge is -2.21. The van der Waals surface area contributed by atoms with Crippen molar-refractivity contribution >= 4 is 17.5 Å². The number of carbonyl (C=O) groups excluding carboxylic acids is 1. The lowest BCUT2D eigenvalue weighted by molar-refractivity contribution is -0.117. The third-order valence-corrected chi connectivity index (χ3v) is 4.15. The summed E-state index contributed by atoms with van der Waals surface area (Å²) in [7, 11) is 5.23. The fourth-order valence-electron chi connectivity index (χ4n) is 2.05. The van der Waals surface area contributed by atoms with Gasteiger partial charge in [0.1, 0.15) is 12.4 Å². The van der Waals surface area contributed by atoms with Gasteiger partial charge in [-0.05, 0) is 44.8 Å². The number of nitrogens with one attached hydrogen (secondary N) is 1. The minimum Gasteiger partial charge on any atom is -0.494 e. The summed E-state index contributed by atoms with van der Waals surface area (Å²) in [6, 6.07) is 4.57. The van der Waals surface area contributed by atoms with Crippen LogP contribution in [0.4, 0.5) is 4.39 Å². The maximum atomic E-state index is 13.8. The van der Waals surface area contributed by atoms with Crippen LogP contribution in [0.25, 0.3) is 0 Å². The summed E-state index contributed by atoms with van der Waals surface area (Å²) >= 11 is 6.01. The largest absolute Gasteiger partial charge is 0.494 e. The van der Waals surface area contributed by atoms with E-state index in [1.807, 2.05) is 25.9 Å². The van der Waals surface area contributed by atoms with Gasteiger partial charge in [-0.25, -0.2) is 4.39 Å². The van der Waals surface area contributed by atoms with Gasteiger partial charge in [0.25, 0.3) is 5.91 Å². The number of hydrogen-bond acceptors (Lipinski definition) is 4. The molecule has 0 fully saturated rings. The molecule has 0 aliphatic heterocycles. The molecule has 1 unspecified atom stereocenters. The molecule has 0 saturated carbocycles. The second-order valence-corrected chi connectivity index (χ2v) is 6.58. The van der Waals surface area contributed by atoms with Gasteiger partial charge in [-0.1, -0.05) is 30.8 Å². The second-order valence-electron chi connectivity index (χ2n) is 6.12. The minimum absolute atomic E-state index is 0.0285. The van der Waals surface area contributed by atoms with Crippen molar-refractivity contribution < 1.29 is 18.7 Å². The molecule has 1 aromatic rings. The molecule has 0 saturated heterocycles. The summed E-state index contributed by atoms with van der Waals surface area (Å²) in [6.45, 7) is 9.74. The van der Waals surface area contributed by atoms with E-state index >= 15 is 0 Å². The molecule has 0 aromatic heterocycles. The third-order valence-electron chi connectivity index (χ3n) is 3.96. The van der Waals surface area contributed by atoms with Crippen LogP contribution in [0.1, 0.15) is 12.5 Å². The fraction of sp³-hybridized carbons (Fsp3) is 0.350. The summed E-state index contributed by atoms with van der Waals surface area (Å²) in [6.07, 6.45) is 1.41. The normalized spacial score (nSPS) is 12.9. The van der Waals surface area contributed by atoms with Gasteiger partial charge >= 0.3 is 0 Å². The Bertz CT molecular complexity index is 732. The molecule has 0 aliphatic carbocycles. The first-order chi connectivity index (χ1) is 12.7. The van der Waals surface area contributed by atoms with E-state index in [0.29, 0.717) is 12.2 Å². The molecule has 1 amide bonds. The van der Waals surface area contributed by atoms with Gasteiger partial charge in [-0.15, -0.1) is 0 Å². The molecular weight excluding hydrogens is 371 g/mol. The van der Waals surface area contributed by atoms with Crippen molar-refractivity contribution in [2.45, 2.75) is 19.5 Å². The first kappa shape index (κ1) is 22.7. The molecule has 1 rings (SSSR count). The molecule has 1 N–H and O–H groups in total. The van der Waals surface area contributed by atoms with Gasteiger partial charge in [-0.3, -0.25) is 4.79 Å². The Morgan fingerprint density at radius 1 is 1.44 bits per heavy atom. The number of ether oxygens (including phenoxy) is 2. The van der Waals surface area contributed by atoms with E-state index in [0.717, 1.165) is 0 Å². The zero-order valence-electron chi connectivity index (χ0n) is 16.1. The number of likely N-dealkylation sites (N-methyl/N-ethyl adjacent to an activating group) is 1. The van der Waals surface area contributed by atoms with E-state index < -0.39 is 11.7 Å². The lowest BCUT2D eigenvalue weighted by Crippen LogP contribution is -2.30. The van der Waals surface area contributed by atoms with Crippen LogP contribution >= 0.6 is 11.6 Å². The van der Waals surface area contributed by atoms with E-state index in [2.05, 4.69) is 18.5 Å². The molecule has 1 aromatic carbocycles. The molecule has 148 valence electrons. The molecule has 0 aliphatic rings. The maximum absolute atomic E-state index is 13.8. The Morgan fingerprint density at radius 3 is 2.59 bits per heavy atom. The highest BCUT2D eigenvalue weighted by Gasteiger charge is 2.19. The Kier molecular flexibility index (Phi) is 9.05. The van der Waals surface area contributed by atoms with E-state index in [9.17, 15) is 9.18 Å². The minimum atomic E-state index is -0.505. The van der Waals surface area contributed by atoms with E-state index in [-0.39, 0.29) is 34.7 Å². The van der Waals surface area contributed by atoms with E-state index in [4.69, 9.17) is 21.1 Å². The van der Waals surface area contributed by atoms with Crippen molar-refractivity contribution in [1.29, 1.82) is 0 Å². The number of carbonyl (C=O) groups is 1. The number of benzene rings is 1. The van der Waals surface area contributed by atoms with Crippen LogP contribution in [-0.2, 0) is 16.1 Å². The number of amides is 1. The van der Waals surface area contributed by atoms with Crippen molar-refractivity contribution in [2.75, 3.05) is 27.8 Å². The number of hydrogen-bond donors (Lipinski definition) is 1. The van der Waals surface area contributed by atoms with Crippen molar-refractivity contribution in [2.24, 2.45) is 0 Å². The maximum Gasteiger partial charge on any atom is 0.256 e. The number of methoxy groups -OCH3 is 1. The molecule has 0 heterocycles. The van der Waals surface area contributed by atoms with Gasteiger partial charge in [0.15, 0.2) is 11.6 Å². The highest BCUT2D eigenvalue weighted by Crippen LogP contribution is 2.21. The molecule has 27 heavy (non-hydrogen) atoms. The summed E-state index contributed by atoms with van der Waals surface area (Å²) in [5.74, 6) is -0.618. The van der Waals surface area contributed by atoms with Crippen LogP contribution in [0.2, 0.25) is 0 Å². The van der Waals surface area contributed by atoms with Crippen LogP contribution in [0.3, 0.4) is 0 Å². The predicted octanol–water partition coefficient (Wildman–Crippen LogP) is 3.61. The SMILES string of the molecule is C=C/C(OCC(C)N(C)C)=C(\C(=C)Cl)C(=O)NCc1ccc(OC)c(F)c1. The van der Waals surface area contributed by atoms with Crippen molar-refractivity contribution in [3.63, 3.8) is 0 Å². The Balaban J connectivity index is 2.91. The fourth-order valence-corrected chi connectivity index (χ4v) is 2.23. The second kappa shape index (κ2) is 10.7. The smallest absolute Gasteiger partial charge is 0.256 e. The topological polar surface area (TPSA) is 50.8 Å². The summed E-state index contributed by atoms with van der Waals surface area (Å²) in [4.78, 5) is 14.6. The number of nitrogens with zero attached hydrogens (tertiary/aromatic N) is 1. The Hall–Kier alpha value is -2.31. The van der Waals surface area contributed by atoms with Crippen molar-refractivity contribution in [1.82, 2.24) is 10.2 Å². The van der Waals surface area contributed by atoms with Crippen molar-refractivity contribution in [3.05, 3.63) is 65.2 Å². The third kappa shape index (κ3) is 6.73. The first-order valence-corrected chi connectivity index (χ1v) is 8.70. The molecule has 0 bridgehead atoms. The molecule has 0 radical (unpaired) electrons. The first-order valence-electron chi connectivity index (χ1n) is 8.32. The van der Waals surface area contributed by atoms with Crippen LogP contribution in [0.5, 0.6) is 5.75 Å². The monoisotopic (exact) mass is 396 g/mol. The zero-order valence-corrected chi connectivity index (χ0v) is 16.9. The summed E-state index contributed by atoms with van der Waals surface area (Å²) in [5, 5.41) is 2.71. The molecule has 1 atom stereocenters. The highest BCUT2D eigenvalue weighted by atomic mass is 35.5. The van der Waals surface area contributed by atoms with Gasteiger partial charge in [0.2, 0.25) is 0 Å². The van der Waals surface area contributed by atoms with Gasteiger partial charge in [-0.2, -0.15) is 0 Å². The average Bonchev–Trinajstić information content (AvgIpc) is 2.62. The lowest BCUT2D eigenvalue weighted by atomic mass is 10.1. The van der Waals surface area contributed by atoms with Crippen LogP contribution in [0.15, 0.2) is 53.8 Å². The molecule has 7 heteroatoms. The van der Waals surface area contributed by atoms with Gasteiger partial charge < -0.3 is 19.7 Å². The van der Waals surface area contributed by atoms with Gasteiger partial charge in [0.05, 0.1) is 12.7 Å². The van der Waals surface area contributed by atoms with Crippen LogP contribution < -0.4 is 10.1 Å².